The molecule has 1 saturated carbocycles. The number of aromatic amines is 1. The zero-order chi connectivity index (χ0) is 21.7. The number of hydrogen-bond donors (Lipinski definition) is 1. The van der Waals surface area contributed by atoms with Crippen molar-refractivity contribution in [1.29, 1.82) is 5.26 Å². The highest BCUT2D eigenvalue weighted by atomic mass is 16.1. The number of carbonyl (C=O) groups is 2. The van der Waals surface area contributed by atoms with Crippen LogP contribution in [0.5, 0.6) is 0 Å². The molecule has 1 N–H and O–H groups in total. The van der Waals surface area contributed by atoms with Crippen LogP contribution < -0.4 is 0 Å². The van der Waals surface area contributed by atoms with Gasteiger partial charge < -0.3 is 9.78 Å². The van der Waals surface area contributed by atoms with Crippen LogP contribution in [0, 0.1) is 51.9 Å². The third kappa shape index (κ3) is 2.60. The maximum Gasteiger partial charge on any atom is 0.226 e. The standard InChI is InChI=1S/C24H20N4O2/c1-22(2)18-5-7-24(8-6-20-27-9-10-28-20)12-15(14-25)17(29)11-19(24)23(18,3)13-16(26-4)21(22)30/h9-13,18H,5,7H2,1-3H3,(H,27,28)/t18-,23-,24+/m0/s1. The Bertz CT molecular complexity index is 1200. The van der Waals surface area contributed by atoms with E-state index in [2.05, 4.69) is 26.7 Å². The number of imidazole rings is 1. The normalized spacial score (nSPS) is 31.5. The van der Waals surface area contributed by atoms with Gasteiger partial charge in [-0.15, -0.1) is 0 Å². The average molecular weight is 396 g/mol. The van der Waals surface area contributed by atoms with Crippen molar-refractivity contribution in [3.05, 3.63) is 64.7 Å². The molecular weight excluding hydrogens is 376 g/mol. The fourth-order valence-electron chi connectivity index (χ4n) is 5.40. The van der Waals surface area contributed by atoms with Crippen molar-refractivity contribution in [2.45, 2.75) is 33.6 Å². The van der Waals surface area contributed by atoms with Crippen molar-refractivity contribution in [3.63, 3.8) is 0 Å². The first-order valence-corrected chi connectivity index (χ1v) is 9.75. The number of H-pyrrole nitrogens is 1. The van der Waals surface area contributed by atoms with E-state index >= 15 is 0 Å². The van der Waals surface area contributed by atoms with Crippen molar-refractivity contribution >= 4 is 11.6 Å². The largest absolute Gasteiger partial charge is 0.338 e. The van der Waals surface area contributed by atoms with Crippen LogP contribution in [-0.4, -0.2) is 21.5 Å². The van der Waals surface area contributed by atoms with Gasteiger partial charge in [-0.25, -0.2) is 9.83 Å². The third-order valence-corrected chi connectivity index (χ3v) is 6.81. The molecule has 3 atom stereocenters. The first-order chi connectivity index (χ1) is 14.2. The van der Waals surface area contributed by atoms with E-state index < -0.39 is 16.2 Å². The Balaban J connectivity index is 1.97. The van der Waals surface area contributed by atoms with Gasteiger partial charge in [0.2, 0.25) is 5.70 Å². The minimum Gasteiger partial charge on any atom is -0.338 e. The number of aromatic nitrogens is 2. The number of rotatable bonds is 0. The summed E-state index contributed by atoms with van der Waals surface area (Å²) < 4.78 is 0. The Morgan fingerprint density at radius 1 is 1.30 bits per heavy atom. The number of nitriles is 1. The number of ketones is 2. The Hall–Kier alpha value is -3.69. The fourth-order valence-corrected chi connectivity index (χ4v) is 5.40. The summed E-state index contributed by atoms with van der Waals surface area (Å²) in [6, 6.07) is 1.99. The summed E-state index contributed by atoms with van der Waals surface area (Å²) in [5.74, 6) is 6.20. The number of carbonyl (C=O) groups excluding carboxylic acids is 2. The van der Waals surface area contributed by atoms with Crippen molar-refractivity contribution in [2.75, 3.05) is 0 Å². The molecule has 1 aromatic rings. The fraction of sp³-hybridized carbons (Fsp3) is 0.375. The van der Waals surface area contributed by atoms with Gasteiger partial charge in [0.05, 0.1) is 17.6 Å². The van der Waals surface area contributed by atoms with E-state index in [1.807, 2.05) is 26.8 Å². The highest BCUT2D eigenvalue weighted by Crippen LogP contribution is 2.63. The van der Waals surface area contributed by atoms with Crippen LogP contribution in [0.2, 0.25) is 0 Å². The number of allylic oxidation sites excluding steroid dienone is 6. The van der Waals surface area contributed by atoms with Gasteiger partial charge in [0.25, 0.3) is 0 Å². The van der Waals surface area contributed by atoms with Crippen molar-refractivity contribution in [3.8, 4) is 17.9 Å². The number of hydrogen-bond acceptors (Lipinski definition) is 4. The molecule has 0 aromatic carbocycles. The van der Waals surface area contributed by atoms with E-state index in [0.717, 1.165) is 5.57 Å². The molecule has 0 bridgehead atoms. The van der Waals surface area contributed by atoms with Crippen molar-refractivity contribution in [2.24, 2.45) is 22.2 Å². The Labute approximate surface area is 175 Å². The van der Waals surface area contributed by atoms with Gasteiger partial charge in [-0.05, 0) is 42.4 Å². The molecule has 1 aromatic heterocycles. The molecule has 0 unspecified atom stereocenters. The van der Waals surface area contributed by atoms with E-state index in [4.69, 9.17) is 6.57 Å². The molecule has 0 saturated heterocycles. The second kappa shape index (κ2) is 6.41. The van der Waals surface area contributed by atoms with Crippen LogP contribution in [-0.2, 0) is 9.59 Å². The predicted octanol–water partition coefficient (Wildman–Crippen LogP) is 3.54. The molecule has 148 valence electrons. The number of nitrogens with zero attached hydrogens (tertiary/aromatic N) is 3. The topological polar surface area (TPSA) is 91.0 Å². The van der Waals surface area contributed by atoms with Gasteiger partial charge in [-0.2, -0.15) is 5.26 Å². The van der Waals surface area contributed by atoms with Gasteiger partial charge in [0.15, 0.2) is 17.4 Å². The van der Waals surface area contributed by atoms with E-state index in [1.165, 1.54) is 6.08 Å². The van der Waals surface area contributed by atoms with Crippen LogP contribution >= 0.6 is 0 Å². The number of nitrogens with one attached hydrogen (secondary N) is 1. The molecule has 3 aliphatic carbocycles. The lowest BCUT2D eigenvalue weighted by molar-refractivity contribution is -0.130. The highest BCUT2D eigenvalue weighted by Gasteiger charge is 2.59. The summed E-state index contributed by atoms with van der Waals surface area (Å²) in [4.78, 5) is 36.1. The summed E-state index contributed by atoms with van der Waals surface area (Å²) in [7, 11) is 0. The quantitative estimate of drug-likeness (QED) is 0.536. The molecule has 6 heteroatoms. The summed E-state index contributed by atoms with van der Waals surface area (Å²) in [6.45, 7) is 13.2. The molecule has 30 heavy (non-hydrogen) atoms. The average Bonchev–Trinajstić information content (AvgIpc) is 3.23. The summed E-state index contributed by atoms with van der Waals surface area (Å²) in [6.07, 6.45) is 9.41. The first-order valence-electron chi connectivity index (χ1n) is 9.75. The minimum atomic E-state index is -0.836. The molecule has 0 spiro atoms. The third-order valence-electron chi connectivity index (χ3n) is 6.81. The minimum absolute atomic E-state index is 0.0649. The molecule has 6 nitrogen and oxygen atoms in total. The van der Waals surface area contributed by atoms with Crippen LogP contribution in [0.1, 0.15) is 39.4 Å². The smallest absolute Gasteiger partial charge is 0.226 e. The summed E-state index contributed by atoms with van der Waals surface area (Å²) in [5, 5.41) is 9.48. The maximum atomic E-state index is 12.9. The molecule has 0 amide bonds. The molecule has 0 aliphatic heterocycles. The second-order valence-corrected chi connectivity index (χ2v) is 8.82. The summed E-state index contributed by atoms with van der Waals surface area (Å²) in [5.41, 5.74) is -1.38. The Morgan fingerprint density at radius 2 is 2.07 bits per heavy atom. The zero-order valence-electron chi connectivity index (χ0n) is 17.0. The molecular formula is C24H20N4O2. The van der Waals surface area contributed by atoms with E-state index in [-0.39, 0.29) is 28.8 Å². The maximum absolute atomic E-state index is 12.9. The van der Waals surface area contributed by atoms with E-state index in [0.29, 0.717) is 18.7 Å². The lowest BCUT2D eigenvalue weighted by atomic mass is 9.46. The van der Waals surface area contributed by atoms with Gasteiger partial charge in [-0.3, -0.25) is 4.79 Å². The van der Waals surface area contributed by atoms with Crippen LogP contribution in [0.3, 0.4) is 0 Å². The Kier molecular flexibility index (Phi) is 4.19. The first kappa shape index (κ1) is 19.6. The molecule has 4 rings (SSSR count). The summed E-state index contributed by atoms with van der Waals surface area (Å²) >= 11 is 0. The van der Waals surface area contributed by atoms with Crippen LogP contribution in [0.4, 0.5) is 0 Å². The van der Waals surface area contributed by atoms with Gasteiger partial charge >= 0.3 is 0 Å². The van der Waals surface area contributed by atoms with Gasteiger partial charge in [-0.1, -0.05) is 32.8 Å². The lowest BCUT2D eigenvalue weighted by Gasteiger charge is -2.56. The monoisotopic (exact) mass is 396 g/mol. The van der Waals surface area contributed by atoms with E-state index in [9.17, 15) is 14.9 Å². The lowest BCUT2D eigenvalue weighted by Crippen LogP contribution is -2.53. The van der Waals surface area contributed by atoms with Crippen molar-refractivity contribution in [1.82, 2.24) is 9.97 Å². The molecule has 0 radical (unpaired) electrons. The molecule has 1 heterocycles. The highest BCUT2D eigenvalue weighted by molar-refractivity contribution is 6.09. The predicted molar refractivity (Wildman–Crippen MR) is 109 cm³/mol. The zero-order valence-corrected chi connectivity index (χ0v) is 17.0. The van der Waals surface area contributed by atoms with Gasteiger partial charge in [0, 0.05) is 23.2 Å². The Morgan fingerprint density at radius 3 is 2.70 bits per heavy atom. The van der Waals surface area contributed by atoms with Gasteiger partial charge in [0.1, 0.15) is 6.07 Å². The van der Waals surface area contributed by atoms with Crippen LogP contribution in [0.25, 0.3) is 4.85 Å². The molecule has 1 fully saturated rings. The number of Topliss-reactive ketones (excluding diaryl/α,β-unsaturated/α-hetero) is 1. The van der Waals surface area contributed by atoms with E-state index in [1.54, 1.807) is 24.5 Å². The van der Waals surface area contributed by atoms with Crippen LogP contribution in [0.15, 0.2) is 47.5 Å². The molecule has 3 aliphatic rings. The van der Waals surface area contributed by atoms with Crippen molar-refractivity contribution < 1.29 is 9.59 Å². The number of fused-ring (bicyclic) bond motifs is 3. The second-order valence-electron chi connectivity index (χ2n) is 8.82. The SMILES string of the molecule is [C-]#[N+]C1=C[C@]2(C)C3=CC(=O)C(C#N)=C[C@]3(C#Cc3ncc[nH]3)CC[C@H]2C(C)(C)C1=O.